The van der Waals surface area contributed by atoms with Crippen molar-refractivity contribution in [3.63, 3.8) is 0 Å². The van der Waals surface area contributed by atoms with Gasteiger partial charge in [0.05, 0.1) is 0 Å². The van der Waals surface area contributed by atoms with Crippen LogP contribution >= 0.6 is 11.8 Å². The number of benzene rings is 8. The predicted octanol–water partition coefficient (Wildman–Crippen LogP) is 13.2. The van der Waals surface area contributed by atoms with Crippen LogP contribution in [0.5, 0.6) is 0 Å². The number of rotatable bonds is 5. The Morgan fingerprint density at radius 2 is 1.13 bits per heavy atom. The lowest BCUT2D eigenvalue weighted by molar-refractivity contribution is 1.39. The van der Waals surface area contributed by atoms with E-state index in [1.165, 1.54) is 81.4 Å². The average molecular weight is 618 g/mol. The molecule has 0 saturated carbocycles. The quantitative estimate of drug-likeness (QED) is 0.206. The van der Waals surface area contributed by atoms with Crippen LogP contribution in [-0.4, -0.2) is 0 Å². The van der Waals surface area contributed by atoms with Crippen molar-refractivity contribution in [2.75, 3.05) is 5.32 Å². The monoisotopic (exact) mass is 617 g/mol. The first-order chi connectivity index (χ1) is 23.2. The maximum Gasteiger partial charge on any atom is 0.0464 e. The molecule has 8 aromatic carbocycles. The lowest BCUT2D eigenvalue weighted by Crippen LogP contribution is -1.95. The summed E-state index contributed by atoms with van der Waals surface area (Å²) in [5, 5.41) is 8.80. The molecule has 2 heteroatoms. The molecule has 222 valence electrons. The minimum absolute atomic E-state index is 1.08. The molecule has 0 aliphatic carbocycles. The molecule has 0 spiro atoms. The standard InChI is InChI=1S/C45H31NS/c1-29-25-40-34(28-39(29)37-18-5-6-21-42(37)46-35-16-3-2-4-17-35)15-9-19-36(40)33-14-7-13-31(26-33)32-23-24-43-41(27-32)38-20-8-11-30-12-10-22-44(47-43)45(30)38/h2-28,46H,1H3. The summed E-state index contributed by atoms with van der Waals surface area (Å²) in [5.41, 5.74) is 13.5. The van der Waals surface area contributed by atoms with E-state index in [1.54, 1.807) is 0 Å². The molecule has 1 heterocycles. The predicted molar refractivity (Wildman–Crippen MR) is 202 cm³/mol. The number of anilines is 2. The van der Waals surface area contributed by atoms with Crippen molar-refractivity contribution in [1.82, 2.24) is 0 Å². The second-order valence-corrected chi connectivity index (χ2v) is 13.4. The van der Waals surface area contributed by atoms with E-state index in [9.17, 15) is 0 Å². The van der Waals surface area contributed by atoms with E-state index in [0.717, 1.165) is 11.4 Å². The normalized spacial score (nSPS) is 11.9. The summed E-state index contributed by atoms with van der Waals surface area (Å²) in [6.45, 7) is 2.23. The maximum absolute atomic E-state index is 3.63. The highest BCUT2D eigenvalue weighted by atomic mass is 32.2. The van der Waals surface area contributed by atoms with Gasteiger partial charge in [-0.2, -0.15) is 0 Å². The molecule has 9 rings (SSSR count). The highest BCUT2D eigenvalue weighted by Gasteiger charge is 2.20. The van der Waals surface area contributed by atoms with Gasteiger partial charge in [-0.05, 0) is 116 Å². The molecule has 47 heavy (non-hydrogen) atoms. The zero-order valence-electron chi connectivity index (χ0n) is 26.0. The third kappa shape index (κ3) is 4.90. The Balaban J connectivity index is 1.11. The van der Waals surface area contributed by atoms with E-state index in [2.05, 4.69) is 170 Å². The third-order valence-electron chi connectivity index (χ3n) is 9.36. The Kier molecular flexibility index (Phi) is 6.69. The fraction of sp³-hybridized carbons (Fsp3) is 0.0222. The highest BCUT2D eigenvalue weighted by molar-refractivity contribution is 7.99. The number of hydrogen-bond acceptors (Lipinski definition) is 2. The molecule has 0 aromatic heterocycles. The van der Waals surface area contributed by atoms with Crippen LogP contribution in [0.15, 0.2) is 174 Å². The van der Waals surface area contributed by atoms with Crippen LogP contribution < -0.4 is 5.32 Å². The van der Waals surface area contributed by atoms with Crippen molar-refractivity contribution >= 4 is 44.7 Å². The first kappa shape index (κ1) is 27.7. The lowest BCUT2D eigenvalue weighted by atomic mass is 9.90. The van der Waals surface area contributed by atoms with Gasteiger partial charge >= 0.3 is 0 Å². The van der Waals surface area contributed by atoms with Gasteiger partial charge in [0.2, 0.25) is 0 Å². The van der Waals surface area contributed by atoms with Crippen LogP contribution in [-0.2, 0) is 0 Å². The van der Waals surface area contributed by atoms with Crippen LogP contribution in [0.4, 0.5) is 11.4 Å². The largest absolute Gasteiger partial charge is 0.355 e. The average Bonchev–Trinajstić information content (AvgIpc) is 3.12. The number of hydrogen-bond donors (Lipinski definition) is 1. The summed E-state index contributed by atoms with van der Waals surface area (Å²) >= 11 is 1.88. The Morgan fingerprint density at radius 3 is 2.02 bits per heavy atom. The molecule has 1 aliphatic rings. The van der Waals surface area contributed by atoms with E-state index in [1.807, 2.05) is 17.8 Å². The number of nitrogens with one attached hydrogen (secondary N) is 1. The second kappa shape index (κ2) is 11.3. The van der Waals surface area contributed by atoms with Crippen LogP contribution in [0.2, 0.25) is 0 Å². The number of fused-ring (bicyclic) bond motifs is 3. The van der Waals surface area contributed by atoms with E-state index < -0.39 is 0 Å². The molecule has 0 unspecified atom stereocenters. The van der Waals surface area contributed by atoms with Gasteiger partial charge in [0, 0.05) is 32.1 Å². The molecule has 0 radical (unpaired) electrons. The summed E-state index contributed by atoms with van der Waals surface area (Å²) in [4.78, 5) is 2.66. The van der Waals surface area contributed by atoms with Crippen molar-refractivity contribution in [2.24, 2.45) is 0 Å². The third-order valence-corrected chi connectivity index (χ3v) is 10.5. The molecule has 0 fully saturated rings. The van der Waals surface area contributed by atoms with Gasteiger partial charge in [0.25, 0.3) is 0 Å². The van der Waals surface area contributed by atoms with Gasteiger partial charge in [-0.25, -0.2) is 0 Å². The van der Waals surface area contributed by atoms with Crippen molar-refractivity contribution in [1.29, 1.82) is 0 Å². The zero-order valence-corrected chi connectivity index (χ0v) is 26.8. The van der Waals surface area contributed by atoms with Crippen LogP contribution in [0.1, 0.15) is 5.56 Å². The molecule has 1 nitrogen and oxygen atoms in total. The SMILES string of the molecule is Cc1cc2c(-c3cccc(-c4ccc5c(c4)-c4cccc6cccc(c46)S5)c3)cccc2cc1-c1ccccc1Nc1ccccc1. The Bertz CT molecular complexity index is 2470. The van der Waals surface area contributed by atoms with Crippen LogP contribution in [0, 0.1) is 6.92 Å². The minimum Gasteiger partial charge on any atom is -0.355 e. The van der Waals surface area contributed by atoms with Gasteiger partial charge in [0.1, 0.15) is 0 Å². The summed E-state index contributed by atoms with van der Waals surface area (Å²) < 4.78 is 0. The van der Waals surface area contributed by atoms with Gasteiger partial charge in [-0.3, -0.25) is 0 Å². The fourth-order valence-electron chi connectivity index (χ4n) is 7.09. The molecule has 8 aromatic rings. The first-order valence-corrected chi connectivity index (χ1v) is 16.9. The molecule has 1 aliphatic heterocycles. The molecule has 0 bridgehead atoms. The molecule has 0 amide bonds. The van der Waals surface area contributed by atoms with Crippen molar-refractivity contribution in [3.8, 4) is 44.5 Å². The molecule has 0 saturated heterocycles. The number of aryl methyl sites for hydroxylation is 1. The smallest absolute Gasteiger partial charge is 0.0464 e. The number of para-hydroxylation sites is 2. The lowest BCUT2D eigenvalue weighted by Gasteiger charge is -2.21. The Labute approximate surface area is 279 Å². The van der Waals surface area contributed by atoms with Crippen LogP contribution in [0.3, 0.4) is 0 Å². The van der Waals surface area contributed by atoms with Crippen molar-refractivity contribution in [2.45, 2.75) is 16.7 Å². The molecule has 1 N–H and O–H groups in total. The summed E-state index contributed by atoms with van der Waals surface area (Å²) in [6.07, 6.45) is 0. The summed E-state index contributed by atoms with van der Waals surface area (Å²) in [7, 11) is 0. The van der Waals surface area contributed by atoms with Gasteiger partial charge < -0.3 is 5.32 Å². The van der Waals surface area contributed by atoms with E-state index in [4.69, 9.17) is 0 Å². The van der Waals surface area contributed by atoms with E-state index in [-0.39, 0.29) is 0 Å². The molecular formula is C45H31NS. The van der Waals surface area contributed by atoms with Gasteiger partial charge in [-0.15, -0.1) is 0 Å². The Morgan fingerprint density at radius 1 is 0.426 bits per heavy atom. The van der Waals surface area contributed by atoms with E-state index in [0.29, 0.717) is 0 Å². The van der Waals surface area contributed by atoms with Gasteiger partial charge in [0.15, 0.2) is 0 Å². The summed E-state index contributed by atoms with van der Waals surface area (Å²) in [5.74, 6) is 0. The zero-order chi connectivity index (χ0) is 31.3. The molecular weight excluding hydrogens is 587 g/mol. The Hall–Kier alpha value is -5.57. The first-order valence-electron chi connectivity index (χ1n) is 16.1. The van der Waals surface area contributed by atoms with Crippen molar-refractivity contribution < 1.29 is 0 Å². The van der Waals surface area contributed by atoms with E-state index >= 15 is 0 Å². The van der Waals surface area contributed by atoms with Crippen molar-refractivity contribution in [3.05, 3.63) is 169 Å². The highest BCUT2D eigenvalue weighted by Crippen LogP contribution is 2.49. The fourth-order valence-corrected chi connectivity index (χ4v) is 8.22. The minimum atomic E-state index is 1.08. The maximum atomic E-state index is 3.63. The topological polar surface area (TPSA) is 12.0 Å². The summed E-state index contributed by atoms with van der Waals surface area (Å²) in [6, 6.07) is 59.6. The molecule has 0 atom stereocenters. The second-order valence-electron chi connectivity index (χ2n) is 12.3. The van der Waals surface area contributed by atoms with Gasteiger partial charge in [-0.1, -0.05) is 127 Å². The van der Waals surface area contributed by atoms with Crippen LogP contribution in [0.25, 0.3) is 66.1 Å².